The maximum Gasteiger partial charge on any atom is 0.248 e. The van der Waals surface area contributed by atoms with Gasteiger partial charge in [0.15, 0.2) is 5.82 Å². The molecular weight excluding hydrogens is 465 g/mol. The van der Waals surface area contributed by atoms with Crippen molar-refractivity contribution in [3.63, 3.8) is 0 Å². The van der Waals surface area contributed by atoms with Gasteiger partial charge in [0, 0.05) is 42.9 Å². The molecule has 10 heteroatoms. The van der Waals surface area contributed by atoms with Gasteiger partial charge in [-0.1, -0.05) is 36.2 Å². The van der Waals surface area contributed by atoms with Crippen molar-refractivity contribution in [1.82, 2.24) is 15.5 Å². The summed E-state index contributed by atoms with van der Waals surface area (Å²) in [7, 11) is 0. The van der Waals surface area contributed by atoms with E-state index in [2.05, 4.69) is 20.8 Å². The van der Waals surface area contributed by atoms with E-state index in [1.807, 2.05) is 0 Å². The first kappa shape index (κ1) is 25.0. The standard InChI is InChI=1S/C26H28FN5O4/c1-17-15-22(31-36-17)30-23(33)12-13-24(34)32(21-11-5-4-10-20(21)27)25(18-7-6-14-28-16-18)26(35)29-19-8-2-3-9-19/h4-7,10-11,14-16,19,25H,2-3,8-9,12-13H2,1H3,(H,29,35)(H,30,31,33). The van der Waals surface area contributed by atoms with Gasteiger partial charge < -0.3 is 15.2 Å². The Morgan fingerprint density at radius 2 is 1.92 bits per heavy atom. The van der Waals surface area contributed by atoms with Gasteiger partial charge in [0.25, 0.3) is 0 Å². The number of carbonyl (C=O) groups is 3. The van der Waals surface area contributed by atoms with Crippen molar-refractivity contribution in [3.8, 4) is 0 Å². The van der Waals surface area contributed by atoms with Gasteiger partial charge in [-0.3, -0.25) is 24.3 Å². The van der Waals surface area contributed by atoms with E-state index in [-0.39, 0.29) is 30.4 Å². The molecule has 3 aromatic rings. The Bertz CT molecular complexity index is 1210. The molecule has 1 aliphatic rings. The number of anilines is 2. The molecule has 1 fully saturated rings. The molecule has 2 aromatic heterocycles. The Labute approximate surface area is 208 Å². The molecule has 4 rings (SSSR count). The van der Waals surface area contributed by atoms with E-state index in [4.69, 9.17) is 4.52 Å². The van der Waals surface area contributed by atoms with Crippen LogP contribution in [-0.4, -0.2) is 33.9 Å². The van der Waals surface area contributed by atoms with Crippen LogP contribution < -0.4 is 15.5 Å². The lowest BCUT2D eigenvalue weighted by Gasteiger charge is -2.32. The minimum absolute atomic E-state index is 0.00839. The Morgan fingerprint density at radius 3 is 2.58 bits per heavy atom. The lowest BCUT2D eigenvalue weighted by atomic mass is 10.0. The molecule has 0 spiro atoms. The molecule has 0 aliphatic heterocycles. The Hall–Kier alpha value is -4.08. The van der Waals surface area contributed by atoms with Crippen LogP contribution in [0.15, 0.2) is 59.4 Å². The fourth-order valence-corrected chi connectivity index (χ4v) is 4.34. The van der Waals surface area contributed by atoms with Crippen LogP contribution in [-0.2, 0) is 14.4 Å². The Balaban J connectivity index is 1.61. The predicted molar refractivity (Wildman–Crippen MR) is 130 cm³/mol. The molecule has 1 saturated carbocycles. The molecule has 2 heterocycles. The highest BCUT2D eigenvalue weighted by Gasteiger charge is 2.35. The quantitative estimate of drug-likeness (QED) is 0.464. The number of aromatic nitrogens is 2. The molecule has 1 atom stereocenters. The van der Waals surface area contributed by atoms with Crippen LogP contribution in [0.4, 0.5) is 15.9 Å². The Kier molecular flexibility index (Phi) is 8.04. The molecule has 0 bridgehead atoms. The van der Waals surface area contributed by atoms with E-state index < -0.39 is 29.6 Å². The molecular formula is C26H28FN5O4. The second-order valence-electron chi connectivity index (χ2n) is 8.76. The number of nitrogens with one attached hydrogen (secondary N) is 2. The molecule has 1 aliphatic carbocycles. The first-order valence-electron chi connectivity index (χ1n) is 11.9. The lowest BCUT2D eigenvalue weighted by molar-refractivity contribution is -0.127. The summed E-state index contributed by atoms with van der Waals surface area (Å²) in [5.74, 6) is -1.36. The third-order valence-electron chi connectivity index (χ3n) is 6.05. The molecule has 9 nitrogen and oxygen atoms in total. The van der Waals surface area contributed by atoms with Crippen molar-refractivity contribution < 1.29 is 23.3 Å². The van der Waals surface area contributed by atoms with E-state index in [1.54, 1.807) is 37.4 Å². The summed E-state index contributed by atoms with van der Waals surface area (Å²) in [5.41, 5.74) is 0.387. The van der Waals surface area contributed by atoms with Gasteiger partial charge in [-0.05, 0) is 38.0 Å². The van der Waals surface area contributed by atoms with Crippen LogP contribution in [0.5, 0.6) is 0 Å². The molecule has 2 N–H and O–H groups in total. The van der Waals surface area contributed by atoms with Crippen molar-refractivity contribution in [1.29, 1.82) is 0 Å². The average molecular weight is 494 g/mol. The first-order valence-corrected chi connectivity index (χ1v) is 11.9. The van der Waals surface area contributed by atoms with Crippen LogP contribution in [0.2, 0.25) is 0 Å². The highest BCUT2D eigenvalue weighted by Crippen LogP contribution is 2.31. The second kappa shape index (κ2) is 11.6. The van der Waals surface area contributed by atoms with E-state index in [9.17, 15) is 18.8 Å². The largest absolute Gasteiger partial charge is 0.360 e. The zero-order chi connectivity index (χ0) is 25.5. The maximum absolute atomic E-state index is 15.0. The van der Waals surface area contributed by atoms with Gasteiger partial charge in [0.2, 0.25) is 17.7 Å². The summed E-state index contributed by atoms with van der Waals surface area (Å²) in [6, 6.07) is 9.48. The van der Waals surface area contributed by atoms with Crippen LogP contribution >= 0.6 is 0 Å². The predicted octanol–water partition coefficient (Wildman–Crippen LogP) is 4.07. The molecule has 3 amide bonds. The number of amides is 3. The number of carbonyl (C=O) groups excluding carboxylic acids is 3. The number of hydrogen-bond acceptors (Lipinski definition) is 6. The van der Waals surface area contributed by atoms with Crippen LogP contribution in [0.25, 0.3) is 0 Å². The smallest absolute Gasteiger partial charge is 0.248 e. The van der Waals surface area contributed by atoms with Crippen molar-refractivity contribution in [2.45, 2.75) is 57.5 Å². The lowest BCUT2D eigenvalue weighted by Crippen LogP contribution is -2.46. The summed E-state index contributed by atoms with van der Waals surface area (Å²) in [4.78, 5) is 44.8. The molecule has 0 radical (unpaired) electrons. The number of hydrogen-bond donors (Lipinski definition) is 2. The van der Waals surface area contributed by atoms with Crippen molar-refractivity contribution in [2.24, 2.45) is 0 Å². The van der Waals surface area contributed by atoms with Gasteiger partial charge in [-0.2, -0.15) is 0 Å². The molecule has 0 saturated heterocycles. The third-order valence-corrected chi connectivity index (χ3v) is 6.05. The number of aryl methyl sites for hydroxylation is 1. The maximum atomic E-state index is 15.0. The number of pyridine rings is 1. The minimum atomic E-state index is -1.16. The minimum Gasteiger partial charge on any atom is -0.360 e. The summed E-state index contributed by atoms with van der Waals surface area (Å²) < 4.78 is 19.9. The van der Waals surface area contributed by atoms with Gasteiger partial charge in [0.1, 0.15) is 17.6 Å². The third kappa shape index (κ3) is 6.12. The summed E-state index contributed by atoms with van der Waals surface area (Å²) in [6.07, 6.45) is 6.31. The Morgan fingerprint density at radius 1 is 1.14 bits per heavy atom. The normalized spacial score (nSPS) is 14.3. The number of para-hydroxylation sites is 1. The van der Waals surface area contributed by atoms with Crippen molar-refractivity contribution >= 4 is 29.2 Å². The van der Waals surface area contributed by atoms with Gasteiger partial charge in [-0.15, -0.1) is 0 Å². The second-order valence-corrected chi connectivity index (χ2v) is 8.76. The van der Waals surface area contributed by atoms with Gasteiger partial charge in [0.05, 0.1) is 5.69 Å². The van der Waals surface area contributed by atoms with E-state index in [0.29, 0.717) is 11.3 Å². The van der Waals surface area contributed by atoms with E-state index >= 15 is 0 Å². The van der Waals surface area contributed by atoms with Crippen LogP contribution in [0.1, 0.15) is 55.9 Å². The number of benzene rings is 1. The highest BCUT2D eigenvalue weighted by atomic mass is 19.1. The highest BCUT2D eigenvalue weighted by molar-refractivity contribution is 6.03. The fraction of sp³-hybridized carbons (Fsp3) is 0.346. The SMILES string of the molecule is Cc1cc(NC(=O)CCC(=O)N(c2ccccc2F)C(C(=O)NC2CCCC2)c2cccnc2)no1. The van der Waals surface area contributed by atoms with Crippen LogP contribution in [0.3, 0.4) is 0 Å². The summed E-state index contributed by atoms with van der Waals surface area (Å²) in [5, 5.41) is 9.29. The molecule has 36 heavy (non-hydrogen) atoms. The molecule has 1 unspecified atom stereocenters. The summed E-state index contributed by atoms with van der Waals surface area (Å²) >= 11 is 0. The van der Waals surface area contributed by atoms with Gasteiger partial charge in [-0.25, -0.2) is 4.39 Å². The zero-order valence-electron chi connectivity index (χ0n) is 19.9. The molecule has 1 aromatic carbocycles. The van der Waals surface area contributed by atoms with Crippen LogP contribution in [0, 0.1) is 12.7 Å². The first-order chi connectivity index (χ1) is 17.4. The topological polar surface area (TPSA) is 117 Å². The van der Waals surface area contributed by atoms with Crippen molar-refractivity contribution in [2.75, 3.05) is 10.2 Å². The summed E-state index contributed by atoms with van der Waals surface area (Å²) in [6.45, 7) is 1.69. The van der Waals surface area contributed by atoms with Crippen molar-refractivity contribution in [3.05, 3.63) is 72.0 Å². The van der Waals surface area contributed by atoms with E-state index in [0.717, 1.165) is 30.6 Å². The number of halogens is 1. The average Bonchev–Trinajstić information content (AvgIpc) is 3.53. The number of nitrogens with zero attached hydrogens (tertiary/aromatic N) is 3. The van der Waals surface area contributed by atoms with E-state index in [1.165, 1.54) is 24.4 Å². The zero-order valence-corrected chi connectivity index (χ0v) is 19.9. The number of rotatable bonds is 9. The molecule has 188 valence electrons. The fourth-order valence-electron chi connectivity index (χ4n) is 4.34. The van der Waals surface area contributed by atoms with Gasteiger partial charge >= 0.3 is 0 Å². The monoisotopic (exact) mass is 493 g/mol.